The van der Waals surface area contributed by atoms with E-state index in [-0.39, 0.29) is 29.0 Å². The van der Waals surface area contributed by atoms with Crippen molar-refractivity contribution in [3.63, 3.8) is 0 Å². The number of hydrogen-bond acceptors (Lipinski definition) is 4. The van der Waals surface area contributed by atoms with Gasteiger partial charge in [-0.3, -0.25) is 0 Å². The molecule has 0 bridgehead atoms. The Balaban J connectivity index is 1.90. The maximum Gasteiger partial charge on any atom is 0.344 e. The Labute approximate surface area is 174 Å². The molecule has 0 spiro atoms. The van der Waals surface area contributed by atoms with Gasteiger partial charge in [-0.05, 0) is 57.2 Å². The minimum Gasteiger partial charge on any atom is -0.504 e. The second kappa shape index (κ2) is 9.05. The van der Waals surface area contributed by atoms with E-state index in [0.717, 1.165) is 14.7 Å². The number of phenolic OH excluding ortho intramolecular Hbond substituents is 1. The van der Waals surface area contributed by atoms with E-state index in [2.05, 4.69) is 24.3 Å². The normalized spacial score (nSPS) is 11.3. The third-order valence-corrected chi connectivity index (χ3v) is 6.10. The third-order valence-electron chi connectivity index (χ3n) is 3.89. The van der Waals surface area contributed by atoms with E-state index in [0.29, 0.717) is 0 Å². The van der Waals surface area contributed by atoms with E-state index in [1.54, 1.807) is 32.9 Å². The van der Waals surface area contributed by atoms with Gasteiger partial charge >= 0.3 is 5.97 Å². The number of hydrogen-bond donors (Lipinski definition) is 1. The van der Waals surface area contributed by atoms with Gasteiger partial charge in [0.2, 0.25) is 0 Å². The molecule has 4 nitrogen and oxygen atoms in total. The summed E-state index contributed by atoms with van der Waals surface area (Å²) in [4.78, 5) is 15.3. The van der Waals surface area contributed by atoms with Gasteiger partial charge in [-0.1, -0.05) is 36.4 Å². The average Bonchev–Trinajstić information content (AvgIpc) is 2.69. The molecule has 1 N–H and O–H groups in total. The Bertz CT molecular complexity index is 910. The zero-order chi connectivity index (χ0) is 20.9. The maximum absolute atomic E-state index is 12.0. The standard InChI is InChI=1S/C24H24O4S/c1-24(2,3)28-23(26)17-27-22-16-20(14-15-21(22)25)29(18-10-6-4-7-11-18)19-12-8-5-9-13-19/h4-16H,17H2,1-3H3/p+1. The van der Waals surface area contributed by atoms with Crippen molar-refractivity contribution in [1.82, 2.24) is 0 Å². The molecule has 0 fully saturated rings. The van der Waals surface area contributed by atoms with Gasteiger partial charge in [0.1, 0.15) is 5.60 Å². The highest BCUT2D eigenvalue weighted by Gasteiger charge is 2.29. The molecule has 0 aliphatic carbocycles. The first kappa shape index (κ1) is 20.8. The van der Waals surface area contributed by atoms with Crippen molar-refractivity contribution >= 4 is 16.9 Å². The fourth-order valence-corrected chi connectivity index (χ4v) is 4.87. The van der Waals surface area contributed by atoms with Crippen LogP contribution in [0.2, 0.25) is 0 Å². The smallest absolute Gasteiger partial charge is 0.344 e. The quantitative estimate of drug-likeness (QED) is 0.449. The SMILES string of the molecule is CC(C)(C)OC(=O)COc1cc([S+](c2ccccc2)c2ccccc2)ccc1O. The van der Waals surface area contributed by atoms with Crippen molar-refractivity contribution in [1.29, 1.82) is 0 Å². The monoisotopic (exact) mass is 409 g/mol. The van der Waals surface area contributed by atoms with Gasteiger partial charge < -0.3 is 14.6 Å². The van der Waals surface area contributed by atoms with Crippen LogP contribution >= 0.6 is 0 Å². The molecule has 0 saturated heterocycles. The highest BCUT2D eigenvalue weighted by atomic mass is 32.2. The lowest BCUT2D eigenvalue weighted by molar-refractivity contribution is -0.157. The molecular weight excluding hydrogens is 384 g/mol. The van der Waals surface area contributed by atoms with Crippen molar-refractivity contribution in [2.24, 2.45) is 0 Å². The third kappa shape index (κ3) is 5.78. The summed E-state index contributed by atoms with van der Waals surface area (Å²) in [7, 11) is -0.371. The number of carbonyl (C=O) groups is 1. The molecule has 0 saturated carbocycles. The first-order valence-electron chi connectivity index (χ1n) is 9.35. The minimum absolute atomic E-state index is 0.0121. The number of carbonyl (C=O) groups excluding carboxylic acids is 1. The summed E-state index contributed by atoms with van der Waals surface area (Å²) < 4.78 is 10.9. The molecule has 0 radical (unpaired) electrons. The van der Waals surface area contributed by atoms with E-state index >= 15 is 0 Å². The zero-order valence-electron chi connectivity index (χ0n) is 16.8. The molecular formula is C24H25O4S+. The van der Waals surface area contributed by atoms with Crippen LogP contribution in [0.5, 0.6) is 11.5 Å². The first-order chi connectivity index (χ1) is 13.8. The van der Waals surface area contributed by atoms with Crippen LogP contribution in [-0.2, 0) is 20.4 Å². The van der Waals surface area contributed by atoms with Crippen molar-refractivity contribution in [3.8, 4) is 11.5 Å². The zero-order valence-corrected chi connectivity index (χ0v) is 17.6. The highest BCUT2D eigenvalue weighted by Crippen LogP contribution is 2.36. The van der Waals surface area contributed by atoms with Gasteiger partial charge in [-0.25, -0.2) is 4.79 Å². The molecule has 3 aromatic carbocycles. The highest BCUT2D eigenvalue weighted by molar-refractivity contribution is 7.97. The summed E-state index contributed by atoms with van der Waals surface area (Å²) in [5, 5.41) is 10.2. The molecule has 3 rings (SSSR count). The van der Waals surface area contributed by atoms with E-state index in [1.165, 1.54) is 0 Å². The van der Waals surface area contributed by atoms with Gasteiger partial charge in [0.05, 0.1) is 10.9 Å². The van der Waals surface area contributed by atoms with Gasteiger partial charge in [-0.2, -0.15) is 0 Å². The van der Waals surface area contributed by atoms with Crippen LogP contribution in [0.15, 0.2) is 93.5 Å². The second-order valence-electron chi connectivity index (χ2n) is 7.44. The molecule has 0 aromatic heterocycles. The topological polar surface area (TPSA) is 55.8 Å². The van der Waals surface area contributed by atoms with E-state index in [9.17, 15) is 9.90 Å². The second-order valence-corrected chi connectivity index (χ2v) is 9.46. The number of aromatic hydroxyl groups is 1. The number of rotatable bonds is 6. The largest absolute Gasteiger partial charge is 0.504 e. The lowest BCUT2D eigenvalue weighted by Crippen LogP contribution is -2.27. The fourth-order valence-electron chi connectivity index (χ4n) is 2.77. The molecule has 0 unspecified atom stereocenters. The Morgan fingerprint density at radius 3 is 1.93 bits per heavy atom. The lowest BCUT2D eigenvalue weighted by atomic mass is 10.2. The number of benzene rings is 3. The summed E-state index contributed by atoms with van der Waals surface area (Å²) in [6.07, 6.45) is 0. The Kier molecular flexibility index (Phi) is 6.49. The summed E-state index contributed by atoms with van der Waals surface area (Å²) in [5.41, 5.74) is -0.586. The summed E-state index contributed by atoms with van der Waals surface area (Å²) in [6.45, 7) is 5.13. The van der Waals surface area contributed by atoms with E-state index in [4.69, 9.17) is 9.47 Å². The summed E-state index contributed by atoms with van der Waals surface area (Å²) in [6, 6.07) is 25.7. The van der Waals surface area contributed by atoms with E-state index < -0.39 is 11.6 Å². The van der Waals surface area contributed by atoms with Crippen molar-refractivity contribution < 1.29 is 19.4 Å². The van der Waals surface area contributed by atoms with Crippen LogP contribution in [0, 0.1) is 0 Å². The van der Waals surface area contributed by atoms with Crippen LogP contribution in [0.1, 0.15) is 20.8 Å². The van der Waals surface area contributed by atoms with Crippen LogP contribution in [0.3, 0.4) is 0 Å². The predicted molar refractivity (Wildman–Crippen MR) is 114 cm³/mol. The molecule has 0 amide bonds. The van der Waals surface area contributed by atoms with Gasteiger partial charge in [-0.15, -0.1) is 0 Å². The van der Waals surface area contributed by atoms with E-state index in [1.807, 2.05) is 42.5 Å². The Morgan fingerprint density at radius 1 is 0.862 bits per heavy atom. The van der Waals surface area contributed by atoms with Crippen LogP contribution in [-0.4, -0.2) is 23.3 Å². The van der Waals surface area contributed by atoms with Crippen molar-refractivity contribution in [2.75, 3.05) is 6.61 Å². The van der Waals surface area contributed by atoms with Crippen LogP contribution in [0.4, 0.5) is 0 Å². The minimum atomic E-state index is -0.586. The number of ether oxygens (including phenoxy) is 2. The Morgan fingerprint density at radius 2 is 1.41 bits per heavy atom. The van der Waals surface area contributed by atoms with Crippen molar-refractivity contribution in [2.45, 2.75) is 41.1 Å². The predicted octanol–water partition coefficient (Wildman–Crippen LogP) is 5.21. The lowest BCUT2D eigenvalue weighted by Gasteiger charge is -2.19. The van der Waals surface area contributed by atoms with Crippen LogP contribution < -0.4 is 4.74 Å². The molecule has 150 valence electrons. The molecule has 3 aromatic rings. The number of phenols is 1. The fraction of sp³-hybridized carbons (Fsp3) is 0.208. The number of esters is 1. The molecule has 0 heterocycles. The van der Waals surface area contributed by atoms with Gasteiger partial charge in [0.25, 0.3) is 0 Å². The molecule has 29 heavy (non-hydrogen) atoms. The molecule has 5 heteroatoms. The summed E-state index contributed by atoms with van der Waals surface area (Å²) >= 11 is 0. The Hall–Kier alpha value is -2.92. The molecule has 0 aliphatic heterocycles. The van der Waals surface area contributed by atoms with Crippen molar-refractivity contribution in [3.05, 3.63) is 78.9 Å². The molecule has 0 atom stereocenters. The molecule has 0 aliphatic rings. The maximum atomic E-state index is 12.0. The summed E-state index contributed by atoms with van der Waals surface area (Å²) in [5.74, 6) is -0.230. The van der Waals surface area contributed by atoms with Crippen LogP contribution in [0.25, 0.3) is 0 Å². The first-order valence-corrected chi connectivity index (χ1v) is 10.6. The average molecular weight is 410 g/mol. The van der Waals surface area contributed by atoms with Gasteiger partial charge in [0, 0.05) is 6.07 Å². The van der Waals surface area contributed by atoms with Gasteiger partial charge in [0.15, 0.2) is 32.8 Å².